The van der Waals surface area contributed by atoms with Gasteiger partial charge in [0.2, 0.25) is 35.4 Å². The molecule has 0 aromatic heterocycles. The van der Waals surface area contributed by atoms with E-state index in [0.29, 0.717) is 38.2 Å². The van der Waals surface area contributed by atoms with Crippen LogP contribution in [-0.2, 0) is 44.7 Å². The number of esters is 1. The fraction of sp³-hybridized carbons (Fsp3) is 0.605. The van der Waals surface area contributed by atoms with Gasteiger partial charge in [-0.25, -0.2) is 13.6 Å². The second-order valence-electron chi connectivity index (χ2n) is 14.7. The smallest absolute Gasteiger partial charge is 0.328 e. The minimum atomic E-state index is -1.55. The van der Waals surface area contributed by atoms with Gasteiger partial charge in [-0.2, -0.15) is 0 Å². The number of nitrogens with one attached hydrogen (secondary N) is 3. The molecule has 4 heterocycles. The zero-order valence-electron chi connectivity index (χ0n) is 31.0. The first kappa shape index (κ1) is 40.3. The number of allylic oxidation sites excluding steroid dienone is 1. The van der Waals surface area contributed by atoms with Gasteiger partial charge in [-0.05, 0) is 81.6 Å². The largest absolute Gasteiger partial charge is 0.461 e. The van der Waals surface area contributed by atoms with Crippen LogP contribution in [-0.4, -0.2) is 119 Å². The molecule has 0 bridgehead atoms. The first-order valence-corrected chi connectivity index (χ1v) is 18.9. The Hall–Kier alpha value is -4.89. The molecule has 6 amide bonds. The molecule has 4 aliphatic heterocycles. The number of benzene rings is 1. The third kappa shape index (κ3) is 9.61. The number of amides is 6. The highest BCUT2D eigenvalue weighted by Crippen LogP contribution is 2.28. The van der Waals surface area contributed by atoms with E-state index in [1.54, 1.807) is 6.08 Å². The van der Waals surface area contributed by atoms with Crippen LogP contribution in [0.2, 0.25) is 0 Å². The molecule has 0 radical (unpaired) electrons. The normalized spacial score (nSPS) is 27.6. The molecule has 4 aliphatic rings. The first-order chi connectivity index (χ1) is 25.8. The monoisotopic (exact) mass is 756 g/mol. The summed E-state index contributed by atoms with van der Waals surface area (Å²) in [6.07, 6.45) is 6.51. The molecule has 0 saturated carbocycles. The predicted octanol–water partition coefficient (Wildman–Crippen LogP) is 1.50. The molecule has 0 spiro atoms. The highest BCUT2D eigenvalue weighted by molar-refractivity contribution is 5.98. The average molecular weight is 757 g/mol. The van der Waals surface area contributed by atoms with Crippen molar-refractivity contribution in [2.75, 3.05) is 26.2 Å². The number of piperidine rings is 1. The summed E-state index contributed by atoms with van der Waals surface area (Å²) in [4.78, 5) is 100. The Bertz CT molecular complexity index is 1640. The predicted molar refractivity (Wildman–Crippen MR) is 190 cm³/mol. The molecule has 3 N–H and O–H groups in total. The third-order valence-electron chi connectivity index (χ3n) is 10.4. The van der Waals surface area contributed by atoms with E-state index in [9.17, 15) is 42.3 Å². The van der Waals surface area contributed by atoms with Gasteiger partial charge < -0.3 is 35.4 Å². The Kier molecular flexibility index (Phi) is 13.4. The molecule has 4 fully saturated rings. The standard InChI is InChI=1S/C38H50F2N6O8/c1-4-5-6-12-32(47)42-27(18-24-16-25(39)19-26(40)17-24)33(48)43-28-21-54-38(53)31-15-22(2)20-46(31)35(50)23(3)41-34(49)29-10-7-8-13-44(29)37(52)30-11-9-14-45(30)36(28)51/h6,12,16-17,19,22-23,27-31H,4-5,7-11,13-15,18,20-21H2,1-3H3,(H,41,49)(H,42,47)(H,43,48)/t22-,23+,27+,28+,29+,30+,31+/m1/s1. The van der Waals surface area contributed by atoms with Crippen LogP contribution in [0.25, 0.3) is 0 Å². The Labute approximate surface area is 313 Å². The van der Waals surface area contributed by atoms with Gasteiger partial charge in [0.05, 0.1) is 0 Å². The van der Waals surface area contributed by atoms with Crippen LogP contribution >= 0.6 is 0 Å². The lowest BCUT2D eigenvalue weighted by Gasteiger charge is -2.39. The zero-order chi connectivity index (χ0) is 39.1. The van der Waals surface area contributed by atoms with Crippen LogP contribution in [0.15, 0.2) is 30.4 Å². The number of cyclic esters (lactones) is 1. The molecule has 0 unspecified atom stereocenters. The molecule has 1 aromatic rings. The number of carbonyl (C=O) groups excluding carboxylic acids is 7. The molecule has 7 atom stereocenters. The summed E-state index contributed by atoms with van der Waals surface area (Å²) in [5.74, 6) is -6.43. The molecular weight excluding hydrogens is 706 g/mol. The second-order valence-corrected chi connectivity index (χ2v) is 14.7. The van der Waals surface area contributed by atoms with E-state index < -0.39 is 95.9 Å². The summed E-state index contributed by atoms with van der Waals surface area (Å²) in [6.45, 7) is 5.27. The molecule has 14 nitrogen and oxygen atoms in total. The lowest BCUT2D eigenvalue weighted by molar-refractivity contribution is -0.158. The van der Waals surface area contributed by atoms with Gasteiger partial charge in [0.25, 0.3) is 0 Å². The lowest BCUT2D eigenvalue weighted by Crippen LogP contribution is -2.62. The summed E-state index contributed by atoms with van der Waals surface area (Å²) in [5, 5.41) is 7.89. The van der Waals surface area contributed by atoms with Gasteiger partial charge in [0.15, 0.2) is 0 Å². The zero-order valence-corrected chi connectivity index (χ0v) is 31.0. The van der Waals surface area contributed by atoms with Crippen molar-refractivity contribution in [3.05, 3.63) is 47.5 Å². The van der Waals surface area contributed by atoms with Gasteiger partial charge in [-0.15, -0.1) is 0 Å². The summed E-state index contributed by atoms with van der Waals surface area (Å²) in [6, 6.07) is -4.15. The highest BCUT2D eigenvalue weighted by Gasteiger charge is 2.46. The number of ether oxygens (including phenoxy) is 1. The van der Waals surface area contributed by atoms with E-state index in [1.165, 1.54) is 27.7 Å². The van der Waals surface area contributed by atoms with Gasteiger partial charge in [0, 0.05) is 32.1 Å². The van der Waals surface area contributed by atoms with Gasteiger partial charge in [-0.1, -0.05) is 26.3 Å². The van der Waals surface area contributed by atoms with E-state index >= 15 is 0 Å². The minimum Gasteiger partial charge on any atom is -0.461 e. The topological polar surface area (TPSA) is 175 Å². The van der Waals surface area contributed by atoms with Gasteiger partial charge >= 0.3 is 5.97 Å². The van der Waals surface area contributed by atoms with Crippen molar-refractivity contribution in [3.63, 3.8) is 0 Å². The van der Waals surface area contributed by atoms with Gasteiger partial charge in [-0.3, -0.25) is 28.8 Å². The van der Waals surface area contributed by atoms with Crippen molar-refractivity contribution >= 4 is 41.4 Å². The van der Waals surface area contributed by atoms with Gasteiger partial charge in [0.1, 0.15) is 54.5 Å². The molecule has 294 valence electrons. The van der Waals surface area contributed by atoms with Crippen LogP contribution < -0.4 is 16.0 Å². The summed E-state index contributed by atoms with van der Waals surface area (Å²) in [5.41, 5.74) is 0.0564. The van der Waals surface area contributed by atoms with Crippen molar-refractivity contribution in [1.29, 1.82) is 0 Å². The maximum absolute atomic E-state index is 14.4. The maximum Gasteiger partial charge on any atom is 0.328 e. The van der Waals surface area contributed by atoms with Crippen molar-refractivity contribution < 1.29 is 47.1 Å². The fourth-order valence-corrected chi connectivity index (χ4v) is 7.74. The number of halogens is 2. The second kappa shape index (κ2) is 18.0. The summed E-state index contributed by atoms with van der Waals surface area (Å²) in [7, 11) is 0. The number of carbonyl (C=O) groups is 7. The Morgan fingerprint density at radius 1 is 0.907 bits per heavy atom. The van der Waals surface area contributed by atoms with Crippen molar-refractivity contribution in [3.8, 4) is 0 Å². The number of hydrogen-bond acceptors (Lipinski definition) is 8. The molecule has 5 rings (SSSR count). The molecular formula is C38H50F2N6O8. The first-order valence-electron chi connectivity index (χ1n) is 18.9. The molecule has 1 aromatic carbocycles. The fourth-order valence-electron chi connectivity index (χ4n) is 7.74. The van der Waals surface area contributed by atoms with E-state index in [0.717, 1.165) is 18.6 Å². The van der Waals surface area contributed by atoms with E-state index in [2.05, 4.69) is 16.0 Å². The van der Waals surface area contributed by atoms with Crippen molar-refractivity contribution in [1.82, 2.24) is 30.7 Å². The minimum absolute atomic E-state index is 0.0564. The third-order valence-corrected chi connectivity index (χ3v) is 10.4. The van der Waals surface area contributed by atoms with Crippen LogP contribution in [0.3, 0.4) is 0 Å². The number of hydrogen-bond donors (Lipinski definition) is 3. The summed E-state index contributed by atoms with van der Waals surface area (Å²) < 4.78 is 34.0. The van der Waals surface area contributed by atoms with Crippen molar-refractivity contribution in [2.24, 2.45) is 5.92 Å². The number of fused-ring (bicyclic) bond motifs is 3. The molecule has 0 aliphatic carbocycles. The van der Waals surface area contributed by atoms with E-state index in [-0.39, 0.29) is 50.4 Å². The lowest BCUT2D eigenvalue weighted by atomic mass is 9.99. The van der Waals surface area contributed by atoms with Crippen LogP contribution in [0.1, 0.15) is 77.7 Å². The quantitative estimate of drug-likeness (QED) is 0.265. The number of rotatable bonds is 8. The van der Waals surface area contributed by atoms with Crippen LogP contribution in [0, 0.1) is 17.6 Å². The SMILES string of the molecule is CCCC=CC(=O)N[C@@H](Cc1cc(F)cc(F)c1)C(=O)N[C@H]1COC(=O)[C@@H]2C[C@@H](C)CN2C(=O)[C@H](C)NC(=O)[C@@H]2CCCCN2C(=O)[C@@H]2CCCN2C1=O. The van der Waals surface area contributed by atoms with Crippen molar-refractivity contribution in [2.45, 2.75) is 115 Å². The number of nitrogens with zero attached hydrogens (tertiary/aromatic N) is 3. The molecule has 16 heteroatoms. The summed E-state index contributed by atoms with van der Waals surface area (Å²) >= 11 is 0. The highest BCUT2D eigenvalue weighted by atomic mass is 19.1. The van der Waals surface area contributed by atoms with E-state index in [1.807, 2.05) is 13.8 Å². The van der Waals surface area contributed by atoms with E-state index in [4.69, 9.17) is 4.74 Å². The maximum atomic E-state index is 14.4. The Balaban J connectivity index is 1.48. The van der Waals surface area contributed by atoms with Crippen LogP contribution in [0.5, 0.6) is 0 Å². The Morgan fingerprint density at radius 2 is 1.59 bits per heavy atom. The number of unbranched alkanes of at least 4 members (excludes halogenated alkanes) is 1. The Morgan fingerprint density at radius 3 is 2.31 bits per heavy atom. The average Bonchev–Trinajstić information content (AvgIpc) is 3.78. The molecule has 54 heavy (non-hydrogen) atoms. The van der Waals surface area contributed by atoms with Crippen LogP contribution in [0.4, 0.5) is 8.78 Å². The molecule has 4 saturated heterocycles.